The summed E-state index contributed by atoms with van der Waals surface area (Å²) in [7, 11) is -3.40. The second-order valence-corrected chi connectivity index (χ2v) is 8.40. The van der Waals surface area contributed by atoms with Crippen molar-refractivity contribution in [3.8, 4) is 0 Å². The van der Waals surface area contributed by atoms with Crippen LogP contribution in [0.15, 0.2) is 10.4 Å². The molecule has 0 radical (unpaired) electrons. The number of piperazine rings is 1. The summed E-state index contributed by atoms with van der Waals surface area (Å²) < 4.78 is 26.9. The highest BCUT2D eigenvalue weighted by atomic mass is 35.5. The molecule has 1 aromatic heterocycles. The molecule has 2 fully saturated rings. The summed E-state index contributed by atoms with van der Waals surface area (Å²) in [6, 6.07) is 0.386. The van der Waals surface area contributed by atoms with E-state index in [2.05, 4.69) is 9.88 Å². The quantitative estimate of drug-likeness (QED) is 0.825. The first-order valence-corrected chi connectivity index (χ1v) is 8.56. The van der Waals surface area contributed by atoms with Gasteiger partial charge in [-0.25, -0.2) is 13.4 Å². The minimum atomic E-state index is -3.40. The lowest BCUT2D eigenvalue weighted by atomic mass is 10.2. The lowest BCUT2D eigenvalue weighted by molar-refractivity contribution is 0.158. The third-order valence-electron chi connectivity index (χ3n) is 3.60. The smallest absolute Gasteiger partial charge is 0.254 e. The summed E-state index contributed by atoms with van der Waals surface area (Å²) in [5.41, 5.74) is 0. The molecule has 0 spiro atoms. The van der Waals surface area contributed by atoms with Gasteiger partial charge in [0.05, 0.1) is 6.20 Å². The van der Waals surface area contributed by atoms with Gasteiger partial charge in [-0.05, 0) is 19.4 Å². The number of thiazole rings is 1. The van der Waals surface area contributed by atoms with E-state index in [0.717, 1.165) is 30.8 Å². The van der Waals surface area contributed by atoms with Crippen molar-refractivity contribution in [2.45, 2.75) is 23.1 Å². The first kappa shape index (κ1) is 12.8. The number of nitrogens with zero attached hydrogens (tertiary/aromatic N) is 3. The predicted molar refractivity (Wildman–Crippen MR) is 70.5 cm³/mol. The molecule has 18 heavy (non-hydrogen) atoms. The van der Waals surface area contributed by atoms with Crippen molar-refractivity contribution in [1.82, 2.24) is 14.2 Å². The van der Waals surface area contributed by atoms with Crippen LogP contribution in [0.2, 0.25) is 4.47 Å². The van der Waals surface area contributed by atoms with Gasteiger partial charge in [-0.2, -0.15) is 4.31 Å². The Balaban J connectivity index is 1.82. The Bertz CT molecular complexity index is 545. The average molecular weight is 308 g/mol. The second-order valence-electron chi connectivity index (χ2n) is 4.63. The zero-order chi connectivity index (χ0) is 12.8. The summed E-state index contributed by atoms with van der Waals surface area (Å²) in [5, 5.41) is 0. The molecule has 1 unspecified atom stereocenters. The monoisotopic (exact) mass is 307 g/mol. The minimum Gasteiger partial charge on any atom is -0.298 e. The number of rotatable bonds is 2. The molecule has 2 saturated heterocycles. The van der Waals surface area contributed by atoms with Crippen LogP contribution in [0, 0.1) is 0 Å². The molecule has 0 N–H and O–H groups in total. The molecular weight excluding hydrogens is 294 g/mol. The molecule has 1 atom stereocenters. The van der Waals surface area contributed by atoms with Crippen molar-refractivity contribution in [3.63, 3.8) is 0 Å². The van der Waals surface area contributed by atoms with Crippen LogP contribution >= 0.6 is 22.9 Å². The largest absolute Gasteiger partial charge is 0.298 e. The Morgan fingerprint density at radius 1 is 1.39 bits per heavy atom. The van der Waals surface area contributed by atoms with Crippen LogP contribution in [0.4, 0.5) is 0 Å². The highest BCUT2D eigenvalue weighted by molar-refractivity contribution is 7.91. The molecule has 0 saturated carbocycles. The van der Waals surface area contributed by atoms with E-state index >= 15 is 0 Å². The summed E-state index contributed by atoms with van der Waals surface area (Å²) in [6.07, 6.45) is 3.61. The SMILES string of the molecule is O=S(=O)(c1cnc(Cl)s1)N1CCN2CCCC2C1. The summed E-state index contributed by atoms with van der Waals surface area (Å²) in [4.78, 5) is 6.19. The van der Waals surface area contributed by atoms with Crippen LogP contribution < -0.4 is 0 Å². The molecule has 0 amide bonds. The fourth-order valence-electron chi connectivity index (χ4n) is 2.67. The van der Waals surface area contributed by atoms with E-state index in [1.54, 1.807) is 4.31 Å². The molecular formula is C10H14ClN3O2S2. The van der Waals surface area contributed by atoms with Crippen LogP contribution in [0.3, 0.4) is 0 Å². The lowest BCUT2D eigenvalue weighted by Gasteiger charge is -2.36. The van der Waals surface area contributed by atoms with Gasteiger partial charge < -0.3 is 0 Å². The van der Waals surface area contributed by atoms with Crippen LogP contribution in [0.5, 0.6) is 0 Å². The van der Waals surface area contributed by atoms with Crippen molar-refractivity contribution in [2.24, 2.45) is 0 Å². The lowest BCUT2D eigenvalue weighted by Crippen LogP contribution is -2.51. The predicted octanol–water partition coefficient (Wildman–Crippen LogP) is 1.27. The molecule has 0 bridgehead atoms. The Morgan fingerprint density at radius 2 is 2.22 bits per heavy atom. The molecule has 2 aliphatic rings. The van der Waals surface area contributed by atoms with E-state index < -0.39 is 10.0 Å². The number of hydrogen-bond donors (Lipinski definition) is 0. The van der Waals surface area contributed by atoms with E-state index in [1.807, 2.05) is 0 Å². The highest BCUT2D eigenvalue weighted by Crippen LogP contribution is 2.29. The average Bonchev–Trinajstić information content (AvgIpc) is 2.96. The van der Waals surface area contributed by atoms with Gasteiger partial charge in [-0.3, -0.25) is 4.90 Å². The van der Waals surface area contributed by atoms with Gasteiger partial charge in [0.2, 0.25) is 0 Å². The van der Waals surface area contributed by atoms with E-state index in [4.69, 9.17) is 11.6 Å². The third-order valence-corrected chi connectivity index (χ3v) is 7.02. The number of halogens is 1. The van der Waals surface area contributed by atoms with Crippen LogP contribution in [-0.4, -0.2) is 54.8 Å². The van der Waals surface area contributed by atoms with Crippen LogP contribution in [-0.2, 0) is 10.0 Å². The fraction of sp³-hybridized carbons (Fsp3) is 0.700. The van der Waals surface area contributed by atoms with Crippen molar-refractivity contribution < 1.29 is 8.42 Å². The van der Waals surface area contributed by atoms with Crippen molar-refractivity contribution in [3.05, 3.63) is 10.7 Å². The van der Waals surface area contributed by atoms with Gasteiger partial charge >= 0.3 is 0 Å². The van der Waals surface area contributed by atoms with Crippen molar-refractivity contribution in [2.75, 3.05) is 26.2 Å². The Kier molecular flexibility index (Phi) is 3.36. The normalized spacial score (nSPS) is 26.4. The van der Waals surface area contributed by atoms with Gasteiger partial charge in [0.15, 0.2) is 8.68 Å². The highest BCUT2D eigenvalue weighted by Gasteiger charge is 2.36. The molecule has 0 aliphatic carbocycles. The molecule has 100 valence electrons. The number of hydrogen-bond acceptors (Lipinski definition) is 5. The zero-order valence-electron chi connectivity index (χ0n) is 9.75. The van der Waals surface area contributed by atoms with Crippen molar-refractivity contribution >= 4 is 33.0 Å². The van der Waals surface area contributed by atoms with Gasteiger partial charge in [0, 0.05) is 25.7 Å². The fourth-order valence-corrected chi connectivity index (χ4v) is 5.58. The topological polar surface area (TPSA) is 53.5 Å². The number of fused-ring (bicyclic) bond motifs is 1. The molecule has 3 heterocycles. The van der Waals surface area contributed by atoms with E-state index in [-0.39, 0.29) is 8.68 Å². The first-order valence-electron chi connectivity index (χ1n) is 5.93. The third kappa shape index (κ3) is 2.18. The van der Waals surface area contributed by atoms with Gasteiger partial charge in [0.25, 0.3) is 10.0 Å². The van der Waals surface area contributed by atoms with Gasteiger partial charge in [-0.15, -0.1) is 0 Å². The van der Waals surface area contributed by atoms with Gasteiger partial charge in [-0.1, -0.05) is 22.9 Å². The molecule has 8 heteroatoms. The molecule has 3 rings (SSSR count). The van der Waals surface area contributed by atoms with Crippen LogP contribution in [0.25, 0.3) is 0 Å². The molecule has 1 aromatic rings. The van der Waals surface area contributed by atoms with Crippen LogP contribution in [0.1, 0.15) is 12.8 Å². The minimum absolute atomic E-state index is 0.249. The Hall–Kier alpha value is -0.210. The summed E-state index contributed by atoms with van der Waals surface area (Å²) in [6.45, 7) is 3.09. The van der Waals surface area contributed by atoms with E-state index in [9.17, 15) is 8.42 Å². The molecule has 5 nitrogen and oxygen atoms in total. The standard InChI is InChI=1S/C10H14ClN3O2S2/c11-10-12-6-9(17-10)18(15,16)14-5-4-13-3-1-2-8(13)7-14/h6,8H,1-5,7H2. The number of aromatic nitrogens is 1. The molecule has 0 aromatic carbocycles. The summed E-state index contributed by atoms with van der Waals surface area (Å²) in [5.74, 6) is 0. The van der Waals surface area contributed by atoms with E-state index in [1.165, 1.54) is 12.6 Å². The van der Waals surface area contributed by atoms with E-state index in [0.29, 0.717) is 19.1 Å². The maximum atomic E-state index is 12.4. The van der Waals surface area contributed by atoms with Crippen molar-refractivity contribution in [1.29, 1.82) is 0 Å². The maximum absolute atomic E-state index is 12.4. The molecule has 2 aliphatic heterocycles. The Morgan fingerprint density at radius 3 is 2.94 bits per heavy atom. The maximum Gasteiger partial charge on any atom is 0.254 e. The van der Waals surface area contributed by atoms with Gasteiger partial charge in [0.1, 0.15) is 0 Å². The second kappa shape index (κ2) is 4.72. The summed E-state index contributed by atoms with van der Waals surface area (Å²) >= 11 is 6.74. The zero-order valence-corrected chi connectivity index (χ0v) is 12.1. The first-order chi connectivity index (χ1) is 8.57. The Labute approximate surface area is 115 Å². The number of sulfonamides is 1.